The van der Waals surface area contributed by atoms with Crippen LogP contribution in [0.15, 0.2) is 24.3 Å². The highest BCUT2D eigenvalue weighted by molar-refractivity contribution is 5.88. The lowest BCUT2D eigenvalue weighted by atomic mass is 9.96. The van der Waals surface area contributed by atoms with Gasteiger partial charge in [-0.25, -0.2) is 4.79 Å². The van der Waals surface area contributed by atoms with Crippen LogP contribution in [-0.2, 0) is 0 Å². The van der Waals surface area contributed by atoms with Crippen LogP contribution in [0.5, 0.6) is 0 Å². The van der Waals surface area contributed by atoms with Crippen LogP contribution in [0, 0.1) is 0 Å². The number of hydrogen-bond donors (Lipinski definition) is 3. The number of carbonyl (C=O) groups is 1. The molecule has 1 aromatic carbocycles. The molecule has 0 bridgehead atoms. The van der Waals surface area contributed by atoms with Crippen LogP contribution < -0.4 is 16.4 Å². The van der Waals surface area contributed by atoms with Crippen molar-refractivity contribution in [2.24, 2.45) is 5.73 Å². The number of anilines is 1. The van der Waals surface area contributed by atoms with E-state index in [9.17, 15) is 4.79 Å². The Morgan fingerprint density at radius 1 is 1.38 bits per heavy atom. The number of amides is 2. The van der Waals surface area contributed by atoms with E-state index in [1.165, 1.54) is 12.8 Å². The molecule has 0 saturated carbocycles. The summed E-state index contributed by atoms with van der Waals surface area (Å²) < 4.78 is 0. The molecule has 4 heteroatoms. The van der Waals surface area contributed by atoms with Crippen LogP contribution in [-0.4, -0.2) is 12.6 Å². The second kappa shape index (κ2) is 4.99. The summed E-state index contributed by atoms with van der Waals surface area (Å²) >= 11 is 0. The summed E-state index contributed by atoms with van der Waals surface area (Å²) in [4.78, 5) is 10.9. The van der Waals surface area contributed by atoms with Crippen LogP contribution >= 0.6 is 0 Å². The van der Waals surface area contributed by atoms with Gasteiger partial charge in [0.2, 0.25) is 0 Å². The van der Waals surface area contributed by atoms with Gasteiger partial charge in [0.25, 0.3) is 0 Å². The van der Waals surface area contributed by atoms with Crippen molar-refractivity contribution in [2.75, 3.05) is 11.9 Å². The fourth-order valence-electron chi connectivity index (χ4n) is 2.16. The molecule has 0 aromatic heterocycles. The van der Waals surface area contributed by atoms with E-state index in [4.69, 9.17) is 5.73 Å². The SMILES string of the molecule is NC(=O)Nc1ccccc1C1CCCCN1. The largest absolute Gasteiger partial charge is 0.351 e. The molecule has 4 nitrogen and oxygen atoms in total. The maximum Gasteiger partial charge on any atom is 0.316 e. The number of nitrogens with one attached hydrogen (secondary N) is 2. The summed E-state index contributed by atoms with van der Waals surface area (Å²) in [5.41, 5.74) is 7.09. The molecular weight excluding hydrogens is 202 g/mol. The van der Waals surface area contributed by atoms with E-state index in [2.05, 4.69) is 10.6 Å². The average molecular weight is 219 g/mol. The molecule has 2 amide bonds. The molecule has 1 unspecified atom stereocenters. The van der Waals surface area contributed by atoms with Gasteiger partial charge in [-0.3, -0.25) is 0 Å². The fourth-order valence-corrected chi connectivity index (χ4v) is 2.16. The summed E-state index contributed by atoms with van der Waals surface area (Å²) in [6.07, 6.45) is 3.56. The summed E-state index contributed by atoms with van der Waals surface area (Å²) in [5, 5.41) is 6.13. The topological polar surface area (TPSA) is 67.2 Å². The van der Waals surface area contributed by atoms with E-state index in [-0.39, 0.29) is 0 Å². The zero-order valence-electron chi connectivity index (χ0n) is 9.20. The first kappa shape index (κ1) is 11.0. The Morgan fingerprint density at radius 2 is 2.19 bits per heavy atom. The molecule has 0 spiro atoms. The quantitative estimate of drug-likeness (QED) is 0.712. The molecular formula is C12H17N3O. The van der Waals surface area contributed by atoms with Crippen LogP contribution in [0.25, 0.3) is 0 Å². The van der Waals surface area contributed by atoms with Gasteiger partial charge in [0.05, 0.1) is 0 Å². The molecule has 1 heterocycles. The molecule has 0 aliphatic carbocycles. The van der Waals surface area contributed by atoms with Gasteiger partial charge in [-0.15, -0.1) is 0 Å². The number of rotatable bonds is 2. The molecule has 1 fully saturated rings. The molecule has 4 N–H and O–H groups in total. The van der Waals surface area contributed by atoms with Crippen LogP contribution in [0.3, 0.4) is 0 Å². The van der Waals surface area contributed by atoms with E-state index in [1.54, 1.807) is 0 Å². The standard InChI is InChI=1S/C12H17N3O/c13-12(16)15-11-7-2-1-5-9(11)10-6-3-4-8-14-10/h1-2,5,7,10,14H,3-4,6,8H2,(H3,13,15,16). The van der Waals surface area contributed by atoms with Gasteiger partial charge in [0.1, 0.15) is 0 Å². The van der Waals surface area contributed by atoms with Crippen LogP contribution in [0.2, 0.25) is 0 Å². The Morgan fingerprint density at radius 3 is 2.88 bits per heavy atom. The molecule has 1 aliphatic rings. The van der Waals surface area contributed by atoms with Crippen molar-refractivity contribution in [1.82, 2.24) is 5.32 Å². The minimum absolute atomic E-state index is 0.330. The normalized spacial score (nSPS) is 20.4. The lowest BCUT2D eigenvalue weighted by Crippen LogP contribution is -2.28. The highest BCUT2D eigenvalue weighted by Gasteiger charge is 2.17. The summed E-state index contributed by atoms with van der Waals surface area (Å²) in [6.45, 7) is 1.04. The van der Waals surface area contributed by atoms with E-state index < -0.39 is 6.03 Å². The zero-order chi connectivity index (χ0) is 11.4. The number of hydrogen-bond acceptors (Lipinski definition) is 2. The average Bonchev–Trinajstić information content (AvgIpc) is 2.30. The van der Waals surface area contributed by atoms with Gasteiger partial charge in [-0.05, 0) is 31.0 Å². The van der Waals surface area contributed by atoms with Gasteiger partial charge in [-0.2, -0.15) is 0 Å². The zero-order valence-corrected chi connectivity index (χ0v) is 9.20. The fraction of sp³-hybridized carbons (Fsp3) is 0.417. The number of urea groups is 1. The smallest absolute Gasteiger partial charge is 0.316 e. The van der Waals surface area contributed by atoms with Crippen molar-refractivity contribution in [1.29, 1.82) is 0 Å². The minimum Gasteiger partial charge on any atom is -0.351 e. The van der Waals surface area contributed by atoms with Crippen molar-refractivity contribution in [2.45, 2.75) is 25.3 Å². The predicted octanol–water partition coefficient (Wildman–Crippen LogP) is 1.99. The van der Waals surface area contributed by atoms with Gasteiger partial charge >= 0.3 is 6.03 Å². The predicted molar refractivity (Wildman–Crippen MR) is 64.2 cm³/mol. The number of para-hydroxylation sites is 1. The first-order chi connectivity index (χ1) is 7.77. The molecule has 86 valence electrons. The van der Waals surface area contributed by atoms with Gasteiger partial charge in [0.15, 0.2) is 0 Å². The lowest BCUT2D eigenvalue weighted by molar-refractivity contribution is 0.259. The summed E-state index contributed by atoms with van der Waals surface area (Å²) in [6, 6.07) is 7.63. The van der Waals surface area contributed by atoms with Crippen molar-refractivity contribution < 1.29 is 4.79 Å². The Bertz CT molecular complexity index is 372. The molecule has 1 aromatic rings. The van der Waals surface area contributed by atoms with Crippen molar-refractivity contribution in [3.05, 3.63) is 29.8 Å². The second-order valence-corrected chi connectivity index (χ2v) is 4.08. The monoisotopic (exact) mass is 219 g/mol. The molecule has 16 heavy (non-hydrogen) atoms. The highest BCUT2D eigenvalue weighted by Crippen LogP contribution is 2.28. The second-order valence-electron chi connectivity index (χ2n) is 4.08. The Hall–Kier alpha value is -1.55. The van der Waals surface area contributed by atoms with E-state index in [1.807, 2.05) is 24.3 Å². The maximum atomic E-state index is 10.9. The van der Waals surface area contributed by atoms with E-state index in [0.29, 0.717) is 6.04 Å². The number of nitrogens with two attached hydrogens (primary N) is 1. The Balaban J connectivity index is 2.20. The number of carbonyl (C=O) groups excluding carboxylic acids is 1. The van der Waals surface area contributed by atoms with Crippen molar-refractivity contribution in [3.63, 3.8) is 0 Å². The Labute approximate surface area is 95.2 Å². The first-order valence-corrected chi connectivity index (χ1v) is 5.66. The molecule has 1 aliphatic heterocycles. The van der Waals surface area contributed by atoms with Crippen LogP contribution in [0.4, 0.5) is 10.5 Å². The first-order valence-electron chi connectivity index (χ1n) is 5.66. The summed E-state index contributed by atoms with van der Waals surface area (Å²) in [5.74, 6) is 0. The molecule has 1 saturated heterocycles. The van der Waals surface area contributed by atoms with Gasteiger partial charge in [0, 0.05) is 11.7 Å². The maximum absolute atomic E-state index is 10.9. The number of piperidine rings is 1. The molecule has 2 rings (SSSR count). The third-order valence-electron chi connectivity index (χ3n) is 2.90. The van der Waals surface area contributed by atoms with E-state index >= 15 is 0 Å². The van der Waals surface area contributed by atoms with Crippen molar-refractivity contribution >= 4 is 11.7 Å². The summed E-state index contributed by atoms with van der Waals surface area (Å²) in [7, 11) is 0. The third kappa shape index (κ3) is 2.52. The van der Waals surface area contributed by atoms with Gasteiger partial charge < -0.3 is 16.4 Å². The number of benzene rings is 1. The molecule has 1 atom stereocenters. The van der Waals surface area contributed by atoms with E-state index in [0.717, 1.165) is 24.2 Å². The third-order valence-corrected chi connectivity index (χ3v) is 2.90. The van der Waals surface area contributed by atoms with Crippen molar-refractivity contribution in [3.8, 4) is 0 Å². The Kier molecular flexibility index (Phi) is 3.41. The minimum atomic E-state index is -0.511. The lowest BCUT2D eigenvalue weighted by Gasteiger charge is -2.25. The van der Waals surface area contributed by atoms with Gasteiger partial charge in [-0.1, -0.05) is 24.6 Å². The number of primary amides is 1. The molecule has 0 radical (unpaired) electrons. The van der Waals surface area contributed by atoms with Crippen LogP contribution in [0.1, 0.15) is 30.9 Å². The highest BCUT2D eigenvalue weighted by atomic mass is 16.2.